The quantitative estimate of drug-likeness (QED) is 0.885. The summed E-state index contributed by atoms with van der Waals surface area (Å²) in [6, 6.07) is 1.80. The number of hydrogen-bond acceptors (Lipinski definition) is 5. The van der Waals surface area contributed by atoms with E-state index in [1.165, 1.54) is 7.11 Å². The molecule has 2 aromatic rings. The second-order valence-electron chi connectivity index (χ2n) is 4.02. The molecule has 1 N–H and O–H groups in total. The molecule has 0 unspecified atom stereocenters. The summed E-state index contributed by atoms with van der Waals surface area (Å²) in [7, 11) is 1.47. The van der Waals surface area contributed by atoms with Crippen LogP contribution >= 0.6 is 0 Å². The Labute approximate surface area is 109 Å². The molecule has 0 saturated carbocycles. The molecule has 0 spiro atoms. The van der Waals surface area contributed by atoms with Crippen LogP contribution in [-0.4, -0.2) is 33.0 Å². The van der Waals surface area contributed by atoms with E-state index in [-0.39, 0.29) is 24.0 Å². The number of nitrogens with zero attached hydrogens (tertiary/aromatic N) is 3. The molecule has 0 aliphatic carbocycles. The average molecular weight is 265 g/mol. The molecule has 0 amide bonds. The van der Waals surface area contributed by atoms with Crippen LogP contribution in [0.25, 0.3) is 11.6 Å². The molecule has 102 valence electrons. The fraction of sp³-hybridized carbons (Fsp3) is 0.417. The van der Waals surface area contributed by atoms with Gasteiger partial charge in [-0.05, 0) is 19.9 Å². The number of aryl methyl sites for hydroxylation is 2. The van der Waals surface area contributed by atoms with Gasteiger partial charge in [-0.1, -0.05) is 0 Å². The Kier molecular flexibility index (Phi) is 3.66. The second-order valence-corrected chi connectivity index (χ2v) is 4.02. The molecule has 0 radical (unpaired) electrons. The molecule has 0 atom stereocenters. The third-order valence-electron chi connectivity index (χ3n) is 2.59. The highest BCUT2D eigenvalue weighted by molar-refractivity contribution is 5.86. The van der Waals surface area contributed by atoms with Gasteiger partial charge in [0.15, 0.2) is 0 Å². The smallest absolute Gasteiger partial charge is 0.373 e. The van der Waals surface area contributed by atoms with Gasteiger partial charge in [0.05, 0.1) is 12.3 Å². The van der Waals surface area contributed by atoms with E-state index in [9.17, 15) is 4.79 Å². The van der Waals surface area contributed by atoms with E-state index in [4.69, 9.17) is 14.3 Å². The third-order valence-corrected chi connectivity index (χ3v) is 2.59. The predicted octanol–water partition coefficient (Wildman–Crippen LogP) is 1.71. The van der Waals surface area contributed by atoms with E-state index >= 15 is 0 Å². The minimum atomic E-state index is -1.16. The maximum Gasteiger partial charge on any atom is 0.373 e. The molecule has 0 aromatic carbocycles. The third kappa shape index (κ3) is 2.50. The summed E-state index contributed by atoms with van der Waals surface area (Å²) in [4.78, 5) is 15.3. The molecule has 19 heavy (non-hydrogen) atoms. The highest BCUT2D eigenvalue weighted by Gasteiger charge is 2.22. The number of carboxylic acids is 1. The standard InChI is InChI=1S/C12H15N3O4/c1-4-15-9(5-7(2)14-15)11-13-8(6-18-3)10(19-11)12(16)17/h5H,4,6H2,1-3H3,(H,16,17). The van der Waals surface area contributed by atoms with Crippen molar-refractivity contribution in [3.63, 3.8) is 0 Å². The van der Waals surface area contributed by atoms with Crippen LogP contribution in [0.1, 0.15) is 28.9 Å². The van der Waals surface area contributed by atoms with Crippen LogP contribution in [0, 0.1) is 6.92 Å². The number of hydrogen-bond donors (Lipinski definition) is 1. The SMILES string of the molecule is CCn1nc(C)cc1-c1nc(COC)c(C(=O)O)o1. The highest BCUT2D eigenvalue weighted by Crippen LogP contribution is 2.23. The monoisotopic (exact) mass is 265 g/mol. The molecule has 0 aliphatic rings. The molecule has 2 rings (SSSR count). The molecule has 2 aromatic heterocycles. The minimum Gasteiger partial charge on any atom is -0.475 e. The van der Waals surface area contributed by atoms with Gasteiger partial charge in [-0.2, -0.15) is 5.10 Å². The Balaban J connectivity index is 2.50. The highest BCUT2D eigenvalue weighted by atomic mass is 16.5. The normalized spacial score (nSPS) is 10.9. The summed E-state index contributed by atoms with van der Waals surface area (Å²) >= 11 is 0. The number of methoxy groups -OCH3 is 1. The first-order chi connectivity index (χ1) is 9.06. The van der Waals surface area contributed by atoms with Crippen molar-refractivity contribution >= 4 is 5.97 Å². The van der Waals surface area contributed by atoms with Gasteiger partial charge in [0, 0.05) is 13.7 Å². The number of aromatic nitrogens is 3. The van der Waals surface area contributed by atoms with Gasteiger partial charge in [0.1, 0.15) is 11.4 Å². The van der Waals surface area contributed by atoms with E-state index in [0.717, 1.165) is 5.69 Å². The molecule has 0 saturated heterocycles. The van der Waals surface area contributed by atoms with Crippen LogP contribution in [0.2, 0.25) is 0 Å². The Bertz CT molecular complexity index is 600. The topological polar surface area (TPSA) is 90.4 Å². The van der Waals surface area contributed by atoms with Crippen molar-refractivity contribution in [3.8, 4) is 11.6 Å². The van der Waals surface area contributed by atoms with Gasteiger partial charge in [-0.25, -0.2) is 9.78 Å². The summed E-state index contributed by atoms with van der Waals surface area (Å²) in [5, 5.41) is 13.3. The predicted molar refractivity (Wildman–Crippen MR) is 65.8 cm³/mol. The first-order valence-electron chi connectivity index (χ1n) is 5.83. The zero-order valence-electron chi connectivity index (χ0n) is 11.0. The second kappa shape index (κ2) is 5.23. The van der Waals surface area contributed by atoms with Crippen LogP contribution in [0.5, 0.6) is 0 Å². The maximum absolute atomic E-state index is 11.1. The Morgan fingerprint density at radius 2 is 2.32 bits per heavy atom. The number of oxazole rings is 1. The van der Waals surface area contributed by atoms with Gasteiger partial charge >= 0.3 is 5.97 Å². The summed E-state index contributed by atoms with van der Waals surface area (Å²) in [5.74, 6) is -1.12. The van der Waals surface area contributed by atoms with Crippen LogP contribution in [0.4, 0.5) is 0 Å². The van der Waals surface area contributed by atoms with Crippen molar-refractivity contribution in [1.82, 2.24) is 14.8 Å². The van der Waals surface area contributed by atoms with Crippen LogP contribution in [0.3, 0.4) is 0 Å². The lowest BCUT2D eigenvalue weighted by Gasteiger charge is -1.99. The van der Waals surface area contributed by atoms with E-state index in [2.05, 4.69) is 10.1 Å². The van der Waals surface area contributed by atoms with Gasteiger partial charge in [-0.15, -0.1) is 0 Å². The summed E-state index contributed by atoms with van der Waals surface area (Å²) < 4.78 is 12.0. The zero-order valence-corrected chi connectivity index (χ0v) is 11.0. The molecule has 7 heteroatoms. The van der Waals surface area contributed by atoms with E-state index in [1.807, 2.05) is 13.8 Å². The number of ether oxygens (including phenoxy) is 1. The van der Waals surface area contributed by atoms with E-state index in [0.29, 0.717) is 12.2 Å². The molecule has 2 heterocycles. The first kappa shape index (κ1) is 13.3. The van der Waals surface area contributed by atoms with Crippen molar-refractivity contribution in [2.45, 2.75) is 27.0 Å². The number of aromatic carboxylic acids is 1. The molecule has 0 aliphatic heterocycles. The molecule has 0 bridgehead atoms. The van der Waals surface area contributed by atoms with Crippen LogP contribution in [0.15, 0.2) is 10.5 Å². The largest absolute Gasteiger partial charge is 0.475 e. The average Bonchev–Trinajstić information content (AvgIpc) is 2.93. The lowest BCUT2D eigenvalue weighted by Crippen LogP contribution is -2.00. The van der Waals surface area contributed by atoms with Crippen LogP contribution in [-0.2, 0) is 17.9 Å². The van der Waals surface area contributed by atoms with Crippen molar-refractivity contribution in [2.24, 2.45) is 0 Å². The summed E-state index contributed by atoms with van der Waals surface area (Å²) in [6.45, 7) is 4.53. The van der Waals surface area contributed by atoms with Crippen molar-refractivity contribution in [1.29, 1.82) is 0 Å². The Morgan fingerprint density at radius 1 is 1.58 bits per heavy atom. The molecular formula is C12H15N3O4. The fourth-order valence-corrected chi connectivity index (χ4v) is 1.82. The molecule has 7 nitrogen and oxygen atoms in total. The lowest BCUT2D eigenvalue weighted by molar-refractivity contribution is 0.0656. The summed E-state index contributed by atoms with van der Waals surface area (Å²) in [5.41, 5.74) is 1.75. The fourth-order valence-electron chi connectivity index (χ4n) is 1.82. The lowest BCUT2D eigenvalue weighted by atomic mass is 10.3. The van der Waals surface area contributed by atoms with Gasteiger partial charge in [0.2, 0.25) is 11.7 Å². The van der Waals surface area contributed by atoms with Crippen molar-refractivity contribution < 1.29 is 19.1 Å². The molecular weight excluding hydrogens is 250 g/mol. The van der Waals surface area contributed by atoms with E-state index in [1.54, 1.807) is 10.7 Å². The number of carboxylic acid groups (broad SMARTS) is 1. The van der Waals surface area contributed by atoms with Gasteiger partial charge < -0.3 is 14.3 Å². The minimum absolute atomic E-state index is 0.0877. The van der Waals surface area contributed by atoms with Gasteiger partial charge in [-0.3, -0.25) is 4.68 Å². The van der Waals surface area contributed by atoms with Crippen molar-refractivity contribution in [3.05, 3.63) is 23.2 Å². The molecule has 0 fully saturated rings. The number of carbonyl (C=O) groups is 1. The van der Waals surface area contributed by atoms with Crippen LogP contribution < -0.4 is 0 Å². The van der Waals surface area contributed by atoms with Gasteiger partial charge in [0.25, 0.3) is 0 Å². The maximum atomic E-state index is 11.1. The van der Waals surface area contributed by atoms with E-state index < -0.39 is 5.97 Å². The Morgan fingerprint density at radius 3 is 2.89 bits per heavy atom. The first-order valence-corrected chi connectivity index (χ1v) is 5.83. The summed E-state index contributed by atoms with van der Waals surface area (Å²) in [6.07, 6.45) is 0. The number of rotatable bonds is 5. The Hall–Kier alpha value is -2.15. The zero-order chi connectivity index (χ0) is 14.0. The van der Waals surface area contributed by atoms with Crippen molar-refractivity contribution in [2.75, 3.05) is 7.11 Å².